The minimum atomic E-state index is -0.703. The Kier molecular flexibility index (Phi) is 10.6. The van der Waals surface area contributed by atoms with Crippen LogP contribution in [-0.2, 0) is 16.1 Å². The van der Waals surface area contributed by atoms with E-state index in [0.29, 0.717) is 43.8 Å². The van der Waals surface area contributed by atoms with E-state index >= 15 is 0 Å². The number of benzene rings is 2. The molecule has 0 aromatic heterocycles. The van der Waals surface area contributed by atoms with Crippen molar-refractivity contribution in [3.8, 4) is 5.75 Å². The van der Waals surface area contributed by atoms with Crippen LogP contribution in [-0.4, -0.2) is 35.9 Å². The lowest BCUT2D eigenvalue weighted by molar-refractivity contribution is -0.143. The van der Waals surface area contributed by atoms with Gasteiger partial charge in [-0.05, 0) is 58.6 Å². The first-order valence-corrected chi connectivity index (χ1v) is 12.1. The SMILES string of the molecule is CCC(C(=O)NCC(C)C)N(Cc1c(Cl)cccc1Cl)C(=O)COc1ccc(Cl)cc1Br. The number of rotatable bonds is 10. The van der Waals surface area contributed by atoms with E-state index < -0.39 is 6.04 Å². The third-order valence-corrected chi connectivity index (χ3v) is 6.27. The molecule has 174 valence electrons. The van der Waals surface area contributed by atoms with Crippen LogP contribution in [0.5, 0.6) is 5.75 Å². The summed E-state index contributed by atoms with van der Waals surface area (Å²) in [5.74, 6) is 0.153. The Bertz CT molecular complexity index is 936. The quantitative estimate of drug-likeness (QED) is 0.365. The first-order chi connectivity index (χ1) is 15.1. The normalized spacial score (nSPS) is 11.9. The summed E-state index contributed by atoms with van der Waals surface area (Å²) in [6.45, 7) is 6.19. The molecule has 1 unspecified atom stereocenters. The minimum absolute atomic E-state index is 0.0795. The molecule has 9 heteroatoms. The number of carbonyl (C=O) groups is 2. The molecule has 2 aromatic rings. The van der Waals surface area contributed by atoms with Crippen molar-refractivity contribution in [3.63, 3.8) is 0 Å². The van der Waals surface area contributed by atoms with Gasteiger partial charge >= 0.3 is 0 Å². The van der Waals surface area contributed by atoms with Crippen LogP contribution >= 0.6 is 50.7 Å². The molecule has 5 nitrogen and oxygen atoms in total. The van der Waals surface area contributed by atoms with Gasteiger partial charge in [0.05, 0.1) is 4.47 Å². The summed E-state index contributed by atoms with van der Waals surface area (Å²) in [5, 5.41) is 4.30. The van der Waals surface area contributed by atoms with E-state index in [1.165, 1.54) is 4.90 Å². The monoisotopic (exact) mass is 562 g/mol. The Morgan fingerprint density at radius 2 is 1.78 bits per heavy atom. The number of nitrogens with zero attached hydrogens (tertiary/aromatic N) is 1. The van der Waals surface area contributed by atoms with Gasteiger partial charge in [0.2, 0.25) is 5.91 Å². The highest BCUT2D eigenvalue weighted by Gasteiger charge is 2.30. The third-order valence-electron chi connectivity index (χ3n) is 4.71. The number of halogens is 4. The molecular formula is C23H26BrCl3N2O3. The molecule has 0 aliphatic heterocycles. The molecule has 0 aliphatic carbocycles. The molecule has 2 amide bonds. The van der Waals surface area contributed by atoms with Gasteiger partial charge in [-0.15, -0.1) is 0 Å². The molecule has 0 bridgehead atoms. The van der Waals surface area contributed by atoms with Gasteiger partial charge in [0.25, 0.3) is 5.91 Å². The maximum absolute atomic E-state index is 13.3. The van der Waals surface area contributed by atoms with Crippen LogP contribution in [0.25, 0.3) is 0 Å². The molecule has 0 aliphatic rings. The van der Waals surface area contributed by atoms with Gasteiger partial charge in [0, 0.05) is 33.7 Å². The van der Waals surface area contributed by atoms with E-state index in [1.807, 2.05) is 20.8 Å². The second-order valence-electron chi connectivity index (χ2n) is 7.65. The highest BCUT2D eigenvalue weighted by Crippen LogP contribution is 2.29. The Morgan fingerprint density at radius 3 is 2.34 bits per heavy atom. The summed E-state index contributed by atoms with van der Waals surface area (Å²) in [7, 11) is 0. The number of hydrogen-bond donors (Lipinski definition) is 1. The van der Waals surface area contributed by atoms with Crippen molar-refractivity contribution in [2.75, 3.05) is 13.2 Å². The molecule has 0 heterocycles. The number of carbonyl (C=O) groups excluding carboxylic acids is 2. The van der Waals surface area contributed by atoms with Crippen molar-refractivity contribution in [2.24, 2.45) is 5.92 Å². The van der Waals surface area contributed by atoms with Crippen molar-refractivity contribution in [1.82, 2.24) is 10.2 Å². The van der Waals surface area contributed by atoms with Crippen LogP contribution in [0.3, 0.4) is 0 Å². The topological polar surface area (TPSA) is 58.6 Å². The molecule has 1 atom stereocenters. The molecule has 0 spiro atoms. The second kappa shape index (κ2) is 12.7. The van der Waals surface area contributed by atoms with Crippen molar-refractivity contribution in [2.45, 2.75) is 39.8 Å². The second-order valence-corrected chi connectivity index (χ2v) is 9.75. The number of ether oxygens (including phenoxy) is 1. The highest BCUT2D eigenvalue weighted by atomic mass is 79.9. The smallest absolute Gasteiger partial charge is 0.261 e. The van der Waals surface area contributed by atoms with Crippen LogP contribution in [0.1, 0.15) is 32.8 Å². The average Bonchev–Trinajstić information content (AvgIpc) is 2.73. The average molecular weight is 565 g/mol. The van der Waals surface area contributed by atoms with Gasteiger partial charge in [0.1, 0.15) is 11.8 Å². The number of hydrogen-bond acceptors (Lipinski definition) is 3. The largest absolute Gasteiger partial charge is 0.483 e. The molecule has 0 fully saturated rings. The van der Waals surface area contributed by atoms with Crippen molar-refractivity contribution in [1.29, 1.82) is 0 Å². The summed E-state index contributed by atoms with van der Waals surface area (Å²) in [6, 6.07) is 9.44. The molecule has 0 saturated carbocycles. The first-order valence-electron chi connectivity index (χ1n) is 10.2. The molecule has 1 N–H and O–H groups in total. The van der Waals surface area contributed by atoms with Gasteiger partial charge in [-0.3, -0.25) is 9.59 Å². The number of amides is 2. The van der Waals surface area contributed by atoms with E-state index in [4.69, 9.17) is 39.5 Å². The summed E-state index contributed by atoms with van der Waals surface area (Å²) in [4.78, 5) is 27.6. The Morgan fingerprint density at radius 1 is 1.12 bits per heavy atom. The summed E-state index contributed by atoms with van der Waals surface area (Å²) < 4.78 is 6.34. The number of nitrogens with one attached hydrogen (secondary N) is 1. The Labute approximate surface area is 212 Å². The van der Waals surface area contributed by atoms with E-state index in [2.05, 4.69) is 21.2 Å². The van der Waals surface area contributed by atoms with Crippen LogP contribution < -0.4 is 10.1 Å². The maximum atomic E-state index is 13.3. The van der Waals surface area contributed by atoms with E-state index in [0.717, 1.165) is 0 Å². The van der Waals surface area contributed by atoms with Gasteiger partial charge < -0.3 is 15.0 Å². The molecule has 0 radical (unpaired) electrons. The van der Waals surface area contributed by atoms with Crippen molar-refractivity contribution < 1.29 is 14.3 Å². The summed E-state index contributed by atoms with van der Waals surface area (Å²) in [6.07, 6.45) is 0.419. The van der Waals surface area contributed by atoms with Crippen LogP contribution in [0.4, 0.5) is 0 Å². The van der Waals surface area contributed by atoms with Gasteiger partial charge in [-0.25, -0.2) is 0 Å². The molecule has 0 saturated heterocycles. The van der Waals surface area contributed by atoms with Gasteiger partial charge in [-0.2, -0.15) is 0 Å². The Balaban J connectivity index is 2.28. The fourth-order valence-corrected chi connectivity index (χ4v) is 4.32. The third kappa shape index (κ3) is 7.55. The molecule has 2 rings (SSSR count). The lowest BCUT2D eigenvalue weighted by atomic mass is 10.1. The fraction of sp³-hybridized carbons (Fsp3) is 0.391. The van der Waals surface area contributed by atoms with E-state index in [9.17, 15) is 9.59 Å². The van der Waals surface area contributed by atoms with Crippen LogP contribution in [0.2, 0.25) is 15.1 Å². The van der Waals surface area contributed by atoms with Crippen molar-refractivity contribution in [3.05, 3.63) is 61.5 Å². The summed E-state index contributed by atoms with van der Waals surface area (Å²) in [5.41, 5.74) is 0.576. The highest BCUT2D eigenvalue weighted by molar-refractivity contribution is 9.10. The van der Waals surface area contributed by atoms with Crippen molar-refractivity contribution >= 4 is 62.5 Å². The molecule has 2 aromatic carbocycles. The first kappa shape index (κ1) is 26.8. The lowest BCUT2D eigenvalue weighted by Gasteiger charge is -2.31. The Hall–Kier alpha value is -1.47. The summed E-state index contributed by atoms with van der Waals surface area (Å²) >= 11 is 22.0. The molecular weight excluding hydrogens is 539 g/mol. The van der Waals surface area contributed by atoms with Gasteiger partial charge in [0.15, 0.2) is 6.61 Å². The van der Waals surface area contributed by atoms with Crippen LogP contribution in [0, 0.1) is 5.92 Å². The predicted octanol–water partition coefficient (Wildman–Crippen LogP) is 6.37. The van der Waals surface area contributed by atoms with E-state index in [-0.39, 0.29) is 30.9 Å². The van der Waals surface area contributed by atoms with Gasteiger partial charge in [-0.1, -0.05) is 61.6 Å². The minimum Gasteiger partial charge on any atom is -0.483 e. The zero-order chi connectivity index (χ0) is 23.8. The van der Waals surface area contributed by atoms with E-state index in [1.54, 1.807) is 36.4 Å². The standard InChI is InChI=1S/C23H26BrCl3N2O3/c1-4-20(23(31)28-11-14(2)3)29(12-16-18(26)6-5-7-19(16)27)22(30)13-32-21-9-8-15(25)10-17(21)24/h5-10,14,20H,4,11-13H2,1-3H3,(H,28,31). The fourth-order valence-electron chi connectivity index (χ4n) is 3.01. The molecule has 32 heavy (non-hydrogen) atoms. The zero-order valence-electron chi connectivity index (χ0n) is 18.1. The van der Waals surface area contributed by atoms with Crippen LogP contribution in [0.15, 0.2) is 40.9 Å². The zero-order valence-corrected chi connectivity index (χ0v) is 22.0. The predicted molar refractivity (Wildman–Crippen MR) is 134 cm³/mol. The lowest BCUT2D eigenvalue weighted by Crippen LogP contribution is -2.50. The maximum Gasteiger partial charge on any atom is 0.261 e.